The lowest BCUT2D eigenvalue weighted by molar-refractivity contribution is 0.418. The topological polar surface area (TPSA) is 116 Å². The highest BCUT2D eigenvalue weighted by Gasteiger charge is 2.23. The molecule has 4 heterocycles. The molecule has 0 aliphatic heterocycles. The van der Waals surface area contributed by atoms with Crippen molar-refractivity contribution in [2.24, 2.45) is 0 Å². The standard InChI is InChI=1S/C23H13NO7/c1-9-7-14(25)29-12-8-13(28-2)19-17(15(9)12)20-18(22(26)24-19)16-10-5-3-4-6-11(10)30-21(16)23(27)31-20/h3-8H,1-2H3,(H,24,26). The Bertz CT molecular complexity index is 1900. The van der Waals surface area contributed by atoms with Gasteiger partial charge in [0.15, 0.2) is 5.58 Å². The van der Waals surface area contributed by atoms with Gasteiger partial charge in [0, 0.05) is 22.9 Å². The number of benzene rings is 2. The van der Waals surface area contributed by atoms with Gasteiger partial charge in [-0.25, -0.2) is 9.59 Å². The van der Waals surface area contributed by atoms with Crippen LogP contribution < -0.4 is 21.5 Å². The molecule has 0 saturated heterocycles. The highest BCUT2D eigenvalue weighted by Crippen LogP contribution is 2.39. The van der Waals surface area contributed by atoms with Crippen LogP contribution in [0.4, 0.5) is 0 Å². The molecule has 4 aromatic heterocycles. The Morgan fingerprint density at radius 2 is 1.65 bits per heavy atom. The summed E-state index contributed by atoms with van der Waals surface area (Å²) < 4.78 is 22.1. The van der Waals surface area contributed by atoms with Crippen LogP contribution in [0.1, 0.15) is 5.56 Å². The molecule has 2 aromatic carbocycles. The van der Waals surface area contributed by atoms with Crippen LogP contribution in [0.2, 0.25) is 0 Å². The molecular formula is C23H13NO7. The number of aromatic amines is 1. The smallest absolute Gasteiger partial charge is 0.380 e. The molecule has 0 spiro atoms. The van der Waals surface area contributed by atoms with Gasteiger partial charge in [-0.15, -0.1) is 0 Å². The summed E-state index contributed by atoms with van der Waals surface area (Å²) in [5.41, 5.74) is -0.00155. The number of para-hydroxylation sites is 1. The molecule has 6 aromatic rings. The number of nitrogens with one attached hydrogen (secondary N) is 1. The molecule has 0 aliphatic carbocycles. The molecule has 0 unspecified atom stereocenters. The first-order valence-electron chi connectivity index (χ1n) is 9.43. The first kappa shape index (κ1) is 17.5. The van der Waals surface area contributed by atoms with E-state index in [0.717, 1.165) is 0 Å². The number of hydrogen-bond donors (Lipinski definition) is 1. The van der Waals surface area contributed by atoms with Gasteiger partial charge in [-0.05, 0) is 18.6 Å². The lowest BCUT2D eigenvalue weighted by Gasteiger charge is -2.11. The normalized spacial score (nSPS) is 11.9. The predicted molar refractivity (Wildman–Crippen MR) is 115 cm³/mol. The summed E-state index contributed by atoms with van der Waals surface area (Å²) in [4.78, 5) is 40.9. The maximum atomic E-state index is 13.2. The third-order valence-electron chi connectivity index (χ3n) is 5.56. The van der Waals surface area contributed by atoms with Crippen molar-refractivity contribution >= 4 is 54.8 Å². The maximum Gasteiger partial charge on any atom is 0.380 e. The van der Waals surface area contributed by atoms with Gasteiger partial charge >= 0.3 is 11.3 Å². The number of methoxy groups -OCH3 is 1. The molecule has 0 bridgehead atoms. The van der Waals surface area contributed by atoms with E-state index in [1.54, 1.807) is 31.2 Å². The summed E-state index contributed by atoms with van der Waals surface area (Å²) in [6, 6.07) is 9.93. The van der Waals surface area contributed by atoms with Gasteiger partial charge in [0.25, 0.3) is 5.56 Å². The van der Waals surface area contributed by atoms with Crippen LogP contribution in [0.3, 0.4) is 0 Å². The quantitative estimate of drug-likeness (QED) is 0.319. The minimum atomic E-state index is -0.711. The van der Waals surface area contributed by atoms with E-state index in [2.05, 4.69) is 4.98 Å². The van der Waals surface area contributed by atoms with Crippen molar-refractivity contribution in [1.82, 2.24) is 4.98 Å². The zero-order valence-corrected chi connectivity index (χ0v) is 16.3. The lowest BCUT2D eigenvalue weighted by Crippen LogP contribution is -2.11. The largest absolute Gasteiger partial charge is 0.494 e. The van der Waals surface area contributed by atoms with Crippen molar-refractivity contribution in [2.45, 2.75) is 6.92 Å². The Hall–Kier alpha value is -4.33. The van der Waals surface area contributed by atoms with Crippen molar-refractivity contribution in [1.29, 1.82) is 0 Å². The Morgan fingerprint density at radius 3 is 2.45 bits per heavy atom. The van der Waals surface area contributed by atoms with E-state index in [1.807, 2.05) is 0 Å². The van der Waals surface area contributed by atoms with Crippen molar-refractivity contribution in [3.8, 4) is 5.75 Å². The lowest BCUT2D eigenvalue weighted by atomic mass is 10.0. The number of furan rings is 1. The van der Waals surface area contributed by atoms with Crippen LogP contribution in [-0.4, -0.2) is 12.1 Å². The summed E-state index contributed by atoms with van der Waals surface area (Å²) in [5, 5.41) is 2.11. The summed E-state index contributed by atoms with van der Waals surface area (Å²) in [7, 11) is 1.43. The van der Waals surface area contributed by atoms with Crippen LogP contribution in [-0.2, 0) is 0 Å². The number of H-pyrrole nitrogens is 1. The molecular weight excluding hydrogens is 402 g/mol. The zero-order chi connectivity index (χ0) is 21.4. The number of aromatic nitrogens is 1. The zero-order valence-electron chi connectivity index (χ0n) is 16.3. The van der Waals surface area contributed by atoms with Gasteiger partial charge in [0.1, 0.15) is 16.9 Å². The summed E-state index contributed by atoms with van der Waals surface area (Å²) >= 11 is 0. The molecule has 8 heteroatoms. The van der Waals surface area contributed by atoms with Gasteiger partial charge in [-0.1, -0.05) is 18.2 Å². The predicted octanol–water partition coefficient (Wildman–Crippen LogP) is 3.96. The minimum Gasteiger partial charge on any atom is -0.494 e. The highest BCUT2D eigenvalue weighted by molar-refractivity contribution is 6.25. The third kappa shape index (κ3) is 2.21. The molecule has 0 atom stereocenters. The molecule has 152 valence electrons. The van der Waals surface area contributed by atoms with Gasteiger partial charge in [0.05, 0.1) is 28.8 Å². The monoisotopic (exact) mass is 415 g/mol. The molecule has 0 radical (unpaired) electrons. The Balaban J connectivity index is 2.04. The molecule has 8 nitrogen and oxygen atoms in total. The Kier molecular flexibility index (Phi) is 3.31. The van der Waals surface area contributed by atoms with Crippen LogP contribution >= 0.6 is 0 Å². The SMILES string of the molecule is COc1cc2oc(=O)cc(C)c2c2c1[nH]c(=O)c1c2oc(=O)c2oc3ccccc3c21. The van der Waals surface area contributed by atoms with E-state index >= 15 is 0 Å². The van der Waals surface area contributed by atoms with Crippen LogP contribution in [0.5, 0.6) is 5.75 Å². The van der Waals surface area contributed by atoms with Crippen molar-refractivity contribution in [3.63, 3.8) is 0 Å². The maximum absolute atomic E-state index is 13.2. The molecule has 0 fully saturated rings. The molecule has 0 amide bonds. The van der Waals surface area contributed by atoms with E-state index in [9.17, 15) is 14.4 Å². The fourth-order valence-electron chi connectivity index (χ4n) is 4.32. The van der Waals surface area contributed by atoms with E-state index in [0.29, 0.717) is 38.2 Å². The highest BCUT2D eigenvalue weighted by atomic mass is 16.5. The number of rotatable bonds is 1. The minimum absolute atomic E-state index is 0.0333. The second kappa shape index (κ2) is 5.85. The van der Waals surface area contributed by atoms with Gasteiger partial charge in [-0.3, -0.25) is 4.79 Å². The number of fused-ring (bicyclic) bond motifs is 9. The Labute approximate surface area is 171 Å². The van der Waals surface area contributed by atoms with Crippen molar-refractivity contribution in [2.75, 3.05) is 7.11 Å². The molecule has 6 rings (SSSR count). The average Bonchev–Trinajstić information content (AvgIpc) is 3.13. The van der Waals surface area contributed by atoms with Crippen molar-refractivity contribution in [3.05, 3.63) is 73.2 Å². The first-order valence-corrected chi connectivity index (χ1v) is 9.43. The number of pyridine rings is 1. The molecule has 31 heavy (non-hydrogen) atoms. The summed E-state index contributed by atoms with van der Waals surface area (Å²) in [6.07, 6.45) is 0. The molecule has 1 N–H and O–H groups in total. The average molecular weight is 415 g/mol. The fraction of sp³-hybridized carbons (Fsp3) is 0.0870. The van der Waals surface area contributed by atoms with E-state index < -0.39 is 16.8 Å². The number of aryl methyl sites for hydroxylation is 1. The second-order valence-electron chi connectivity index (χ2n) is 7.30. The van der Waals surface area contributed by atoms with Crippen LogP contribution in [0, 0.1) is 6.92 Å². The van der Waals surface area contributed by atoms with Gasteiger partial charge < -0.3 is 23.0 Å². The third-order valence-corrected chi connectivity index (χ3v) is 5.56. The van der Waals surface area contributed by atoms with E-state index in [-0.39, 0.29) is 27.9 Å². The van der Waals surface area contributed by atoms with Gasteiger partial charge in [-0.2, -0.15) is 0 Å². The van der Waals surface area contributed by atoms with Crippen LogP contribution in [0.25, 0.3) is 54.8 Å². The van der Waals surface area contributed by atoms with Crippen molar-refractivity contribution < 1.29 is 18.0 Å². The van der Waals surface area contributed by atoms with E-state index in [1.165, 1.54) is 19.2 Å². The molecule has 0 aliphatic rings. The molecule has 0 saturated carbocycles. The fourth-order valence-corrected chi connectivity index (χ4v) is 4.32. The first-order chi connectivity index (χ1) is 15.0. The Morgan fingerprint density at radius 1 is 0.839 bits per heavy atom. The van der Waals surface area contributed by atoms with E-state index in [4.69, 9.17) is 18.0 Å². The number of hydrogen-bond acceptors (Lipinski definition) is 7. The van der Waals surface area contributed by atoms with Gasteiger partial charge in [0.2, 0.25) is 5.58 Å². The number of ether oxygens (including phenoxy) is 1. The van der Waals surface area contributed by atoms with Crippen LogP contribution in [0.15, 0.2) is 64.0 Å². The summed E-state index contributed by atoms with van der Waals surface area (Å²) in [6.45, 7) is 1.74. The summed E-state index contributed by atoms with van der Waals surface area (Å²) in [5.74, 6) is 0.273. The second-order valence-corrected chi connectivity index (χ2v) is 7.30.